The number of hydrogen-bond acceptors (Lipinski definition) is 3. The van der Waals surface area contributed by atoms with E-state index in [0.717, 1.165) is 6.04 Å². The van der Waals surface area contributed by atoms with Gasteiger partial charge in [0, 0.05) is 38.3 Å². The average Bonchev–Trinajstić information content (AvgIpc) is 2.34. The number of rotatable bonds is 3. The lowest BCUT2D eigenvalue weighted by molar-refractivity contribution is 0.0601. The van der Waals surface area contributed by atoms with Gasteiger partial charge >= 0.3 is 0 Å². The molecule has 0 aliphatic carbocycles. The molecule has 0 spiro atoms. The van der Waals surface area contributed by atoms with Gasteiger partial charge in [0.15, 0.2) is 0 Å². The summed E-state index contributed by atoms with van der Waals surface area (Å²) in [5.41, 5.74) is 0.462. The highest BCUT2D eigenvalue weighted by Crippen LogP contribution is 2.30. The first-order valence-electron chi connectivity index (χ1n) is 7.69. The van der Waals surface area contributed by atoms with Crippen molar-refractivity contribution in [1.29, 1.82) is 0 Å². The first-order chi connectivity index (χ1) is 8.53. The molecular formula is C15H31N3. The van der Waals surface area contributed by atoms with E-state index in [0.29, 0.717) is 11.5 Å². The number of likely N-dealkylation sites (N-methyl/N-ethyl adjacent to an activating group) is 1. The van der Waals surface area contributed by atoms with E-state index in [2.05, 4.69) is 42.9 Å². The highest BCUT2D eigenvalue weighted by molar-refractivity contribution is 4.92. The Balaban J connectivity index is 1.89. The SMILES string of the molecule is CCC1CN(CC2NCCCC2(C)C)CCN1C. The van der Waals surface area contributed by atoms with Crippen molar-refractivity contribution in [2.24, 2.45) is 5.41 Å². The molecule has 106 valence electrons. The third-order valence-electron chi connectivity index (χ3n) is 5.11. The van der Waals surface area contributed by atoms with E-state index in [9.17, 15) is 0 Å². The molecule has 2 saturated heterocycles. The Bertz CT molecular complexity index is 264. The lowest BCUT2D eigenvalue weighted by Crippen LogP contribution is -2.58. The first kappa shape index (κ1) is 14.3. The van der Waals surface area contributed by atoms with Gasteiger partial charge in [-0.2, -0.15) is 0 Å². The Morgan fingerprint density at radius 2 is 2.06 bits per heavy atom. The molecule has 3 heteroatoms. The van der Waals surface area contributed by atoms with E-state index in [1.54, 1.807) is 0 Å². The summed E-state index contributed by atoms with van der Waals surface area (Å²) >= 11 is 0. The molecule has 2 rings (SSSR count). The molecule has 0 amide bonds. The molecular weight excluding hydrogens is 222 g/mol. The molecule has 0 saturated carbocycles. The maximum Gasteiger partial charge on any atom is 0.0246 e. The zero-order valence-corrected chi connectivity index (χ0v) is 12.7. The summed E-state index contributed by atoms with van der Waals surface area (Å²) in [6, 6.07) is 1.43. The summed E-state index contributed by atoms with van der Waals surface area (Å²) in [5, 5.41) is 3.75. The van der Waals surface area contributed by atoms with E-state index in [4.69, 9.17) is 0 Å². The lowest BCUT2D eigenvalue weighted by Gasteiger charge is -2.45. The summed E-state index contributed by atoms with van der Waals surface area (Å²) < 4.78 is 0. The molecule has 2 unspecified atom stereocenters. The van der Waals surface area contributed by atoms with Crippen molar-refractivity contribution >= 4 is 0 Å². The van der Waals surface area contributed by atoms with Crippen molar-refractivity contribution in [1.82, 2.24) is 15.1 Å². The summed E-state index contributed by atoms with van der Waals surface area (Å²) in [7, 11) is 2.27. The monoisotopic (exact) mass is 253 g/mol. The summed E-state index contributed by atoms with van der Waals surface area (Å²) in [6.45, 7) is 13.3. The second-order valence-electron chi connectivity index (χ2n) is 6.90. The minimum atomic E-state index is 0.462. The van der Waals surface area contributed by atoms with Gasteiger partial charge in [0.25, 0.3) is 0 Å². The predicted molar refractivity (Wildman–Crippen MR) is 78.0 cm³/mol. The maximum atomic E-state index is 3.75. The van der Waals surface area contributed by atoms with E-state index in [-0.39, 0.29) is 0 Å². The maximum absolute atomic E-state index is 3.75. The van der Waals surface area contributed by atoms with Crippen LogP contribution in [0.5, 0.6) is 0 Å². The van der Waals surface area contributed by atoms with Crippen LogP contribution in [-0.4, -0.2) is 61.7 Å². The largest absolute Gasteiger partial charge is 0.312 e. The van der Waals surface area contributed by atoms with Crippen LogP contribution in [0.2, 0.25) is 0 Å². The van der Waals surface area contributed by atoms with Crippen molar-refractivity contribution in [3.05, 3.63) is 0 Å². The molecule has 0 aromatic heterocycles. The van der Waals surface area contributed by atoms with Crippen LogP contribution in [0.15, 0.2) is 0 Å². The fraction of sp³-hybridized carbons (Fsp3) is 1.00. The lowest BCUT2D eigenvalue weighted by atomic mass is 9.77. The number of hydrogen-bond donors (Lipinski definition) is 1. The van der Waals surface area contributed by atoms with Crippen LogP contribution >= 0.6 is 0 Å². The number of nitrogens with zero attached hydrogens (tertiary/aromatic N) is 2. The van der Waals surface area contributed by atoms with E-state index in [1.807, 2.05) is 0 Å². The van der Waals surface area contributed by atoms with Gasteiger partial charge < -0.3 is 10.2 Å². The number of nitrogens with one attached hydrogen (secondary N) is 1. The fourth-order valence-corrected chi connectivity index (χ4v) is 3.46. The predicted octanol–water partition coefficient (Wildman–Crippen LogP) is 1.79. The Kier molecular flexibility index (Phi) is 4.68. The van der Waals surface area contributed by atoms with Crippen molar-refractivity contribution < 1.29 is 0 Å². The van der Waals surface area contributed by atoms with Crippen LogP contribution < -0.4 is 5.32 Å². The Hall–Kier alpha value is -0.120. The van der Waals surface area contributed by atoms with Crippen LogP contribution in [0.1, 0.15) is 40.0 Å². The molecule has 2 atom stereocenters. The second-order valence-corrected chi connectivity index (χ2v) is 6.90. The van der Waals surface area contributed by atoms with Gasteiger partial charge in [0.2, 0.25) is 0 Å². The zero-order valence-electron chi connectivity index (χ0n) is 12.7. The number of piperidine rings is 1. The minimum Gasteiger partial charge on any atom is -0.312 e. The molecule has 1 N–H and O–H groups in total. The van der Waals surface area contributed by atoms with Crippen LogP contribution in [0.4, 0.5) is 0 Å². The van der Waals surface area contributed by atoms with Crippen molar-refractivity contribution in [3.63, 3.8) is 0 Å². The van der Waals surface area contributed by atoms with Gasteiger partial charge in [-0.1, -0.05) is 20.8 Å². The molecule has 18 heavy (non-hydrogen) atoms. The Morgan fingerprint density at radius 1 is 1.28 bits per heavy atom. The molecule has 2 aliphatic heterocycles. The van der Waals surface area contributed by atoms with Crippen LogP contribution in [0.3, 0.4) is 0 Å². The zero-order chi connectivity index (χ0) is 13.2. The summed E-state index contributed by atoms with van der Waals surface area (Å²) in [4.78, 5) is 5.20. The average molecular weight is 253 g/mol. The topological polar surface area (TPSA) is 18.5 Å². The molecule has 0 aromatic rings. The van der Waals surface area contributed by atoms with Gasteiger partial charge in [0.05, 0.1) is 0 Å². The normalized spacial score (nSPS) is 34.7. The van der Waals surface area contributed by atoms with Crippen LogP contribution in [0, 0.1) is 5.41 Å². The fourth-order valence-electron chi connectivity index (χ4n) is 3.46. The highest BCUT2D eigenvalue weighted by Gasteiger charge is 2.34. The number of piperazine rings is 1. The Labute approximate surface area is 113 Å². The minimum absolute atomic E-state index is 0.462. The van der Waals surface area contributed by atoms with Crippen molar-refractivity contribution in [2.45, 2.75) is 52.1 Å². The molecule has 0 aromatic carbocycles. The highest BCUT2D eigenvalue weighted by atomic mass is 15.3. The van der Waals surface area contributed by atoms with Gasteiger partial charge in [0.1, 0.15) is 0 Å². The van der Waals surface area contributed by atoms with Gasteiger partial charge in [-0.05, 0) is 38.3 Å². The van der Waals surface area contributed by atoms with E-state index in [1.165, 1.54) is 52.0 Å². The van der Waals surface area contributed by atoms with Crippen molar-refractivity contribution in [3.8, 4) is 0 Å². The molecule has 2 aliphatic rings. The van der Waals surface area contributed by atoms with Gasteiger partial charge in [-0.25, -0.2) is 0 Å². The molecule has 0 bridgehead atoms. The molecule has 2 fully saturated rings. The van der Waals surface area contributed by atoms with E-state index >= 15 is 0 Å². The summed E-state index contributed by atoms with van der Waals surface area (Å²) in [5.74, 6) is 0. The molecule has 0 radical (unpaired) electrons. The van der Waals surface area contributed by atoms with Crippen LogP contribution in [0.25, 0.3) is 0 Å². The third-order valence-corrected chi connectivity index (χ3v) is 5.11. The van der Waals surface area contributed by atoms with Gasteiger partial charge in [-0.15, -0.1) is 0 Å². The van der Waals surface area contributed by atoms with Gasteiger partial charge in [-0.3, -0.25) is 4.90 Å². The standard InChI is InChI=1S/C15H31N3/c1-5-13-11-18(10-9-17(13)4)12-14-15(2,3)7-6-8-16-14/h13-14,16H,5-12H2,1-4H3. The smallest absolute Gasteiger partial charge is 0.0246 e. The quantitative estimate of drug-likeness (QED) is 0.827. The first-order valence-corrected chi connectivity index (χ1v) is 7.69. The van der Waals surface area contributed by atoms with Crippen molar-refractivity contribution in [2.75, 3.05) is 39.8 Å². The van der Waals surface area contributed by atoms with E-state index < -0.39 is 0 Å². The molecule has 2 heterocycles. The molecule has 3 nitrogen and oxygen atoms in total. The third kappa shape index (κ3) is 3.25. The Morgan fingerprint density at radius 3 is 2.72 bits per heavy atom. The second kappa shape index (κ2) is 5.89. The summed E-state index contributed by atoms with van der Waals surface area (Å²) in [6.07, 6.45) is 3.98. The van der Waals surface area contributed by atoms with Crippen LogP contribution in [-0.2, 0) is 0 Å².